The van der Waals surface area contributed by atoms with Gasteiger partial charge >= 0.3 is 5.51 Å². The van der Waals surface area contributed by atoms with Crippen molar-refractivity contribution in [3.63, 3.8) is 0 Å². The van der Waals surface area contributed by atoms with Crippen molar-refractivity contribution in [2.75, 3.05) is 32.0 Å². The van der Waals surface area contributed by atoms with E-state index in [1.165, 1.54) is 12.1 Å². The molecule has 0 radical (unpaired) electrons. The van der Waals surface area contributed by atoms with Crippen molar-refractivity contribution in [3.8, 4) is 11.5 Å². The van der Waals surface area contributed by atoms with Gasteiger partial charge in [-0.15, -0.1) is 0 Å². The van der Waals surface area contributed by atoms with Crippen LogP contribution in [0, 0.1) is 6.92 Å². The number of halogens is 3. The van der Waals surface area contributed by atoms with Gasteiger partial charge in [-0.25, -0.2) is 8.42 Å². The molecule has 1 aliphatic rings. The van der Waals surface area contributed by atoms with Crippen molar-refractivity contribution in [2.24, 2.45) is 0 Å². The lowest BCUT2D eigenvalue weighted by Crippen LogP contribution is -2.51. The van der Waals surface area contributed by atoms with Crippen LogP contribution < -0.4 is 15.0 Å². The summed E-state index contributed by atoms with van der Waals surface area (Å²) in [6, 6.07) is 9.81. The number of ether oxygens (including phenoxy) is 1. The average molecular weight is 415 g/mol. The van der Waals surface area contributed by atoms with E-state index < -0.39 is 20.2 Å². The van der Waals surface area contributed by atoms with Crippen LogP contribution in [0.25, 0.3) is 0 Å². The van der Waals surface area contributed by atoms with E-state index in [0.29, 0.717) is 5.75 Å². The highest BCUT2D eigenvalue weighted by atomic mass is 32.2. The molecule has 2 aromatic carbocycles. The number of sulfone groups is 1. The quantitative estimate of drug-likeness (QED) is 0.827. The van der Waals surface area contributed by atoms with Crippen molar-refractivity contribution < 1.29 is 26.3 Å². The summed E-state index contributed by atoms with van der Waals surface area (Å²) in [5, 5.41) is 3.28. The molecule has 1 N–H and O–H groups in total. The Balaban J connectivity index is 1.75. The topological polar surface area (TPSA) is 61.9 Å². The second-order valence-corrected chi connectivity index (χ2v) is 8.52. The molecule has 1 aliphatic heterocycles. The molecule has 1 fully saturated rings. The molecular formula is C18H20F3N3O3S. The third-order valence-electron chi connectivity index (χ3n) is 4.29. The Morgan fingerprint density at radius 1 is 1.07 bits per heavy atom. The van der Waals surface area contributed by atoms with Gasteiger partial charge in [0.05, 0.1) is 24.9 Å². The molecular weight excluding hydrogens is 395 g/mol. The van der Waals surface area contributed by atoms with Gasteiger partial charge < -0.3 is 9.64 Å². The lowest BCUT2D eigenvalue weighted by Gasteiger charge is -2.35. The van der Waals surface area contributed by atoms with Crippen molar-refractivity contribution in [2.45, 2.75) is 17.3 Å². The zero-order chi connectivity index (χ0) is 20.5. The number of hydrogen-bond donors (Lipinski definition) is 1. The first kappa shape index (κ1) is 20.4. The van der Waals surface area contributed by atoms with Gasteiger partial charge in [-0.3, -0.25) is 10.2 Å². The fraction of sp³-hybridized carbons (Fsp3) is 0.333. The first-order chi connectivity index (χ1) is 13.1. The fourth-order valence-electron chi connectivity index (χ4n) is 2.83. The summed E-state index contributed by atoms with van der Waals surface area (Å²) >= 11 is 0. The molecule has 0 atom stereocenters. The highest BCUT2D eigenvalue weighted by Crippen LogP contribution is 2.33. The normalized spacial score (nSPS) is 16.2. The number of nitrogens with zero attached hydrogens (tertiary/aromatic N) is 2. The van der Waals surface area contributed by atoms with E-state index >= 15 is 0 Å². The van der Waals surface area contributed by atoms with Gasteiger partial charge in [-0.2, -0.15) is 13.2 Å². The first-order valence-corrected chi connectivity index (χ1v) is 9.90. The number of hydrogen-bond acceptors (Lipinski definition) is 6. The van der Waals surface area contributed by atoms with Gasteiger partial charge in [0.1, 0.15) is 11.5 Å². The summed E-state index contributed by atoms with van der Waals surface area (Å²) in [6.45, 7) is 4.18. The fourth-order valence-corrected chi connectivity index (χ4v) is 3.59. The Morgan fingerprint density at radius 3 is 2.32 bits per heavy atom. The molecule has 6 nitrogen and oxygen atoms in total. The summed E-state index contributed by atoms with van der Waals surface area (Å²) in [7, 11) is -3.36. The van der Waals surface area contributed by atoms with Gasteiger partial charge in [0.15, 0.2) is 0 Å². The zero-order valence-electron chi connectivity index (χ0n) is 15.3. The van der Waals surface area contributed by atoms with Crippen molar-refractivity contribution in [3.05, 3.63) is 48.0 Å². The number of benzene rings is 2. The van der Waals surface area contributed by atoms with E-state index in [9.17, 15) is 21.6 Å². The Labute approximate surface area is 161 Å². The number of anilines is 1. The van der Waals surface area contributed by atoms with Crippen LogP contribution in [0.3, 0.4) is 0 Å². The van der Waals surface area contributed by atoms with E-state index in [4.69, 9.17) is 4.74 Å². The number of aryl methyl sites for hydroxylation is 1. The summed E-state index contributed by atoms with van der Waals surface area (Å²) in [5.41, 5.74) is -3.48. The average Bonchev–Trinajstić information content (AvgIpc) is 2.63. The summed E-state index contributed by atoms with van der Waals surface area (Å²) < 4.78 is 66.3. The summed E-state index contributed by atoms with van der Waals surface area (Å²) in [5.74, 6) is 0.782. The van der Waals surface area contributed by atoms with E-state index in [0.717, 1.165) is 43.4 Å². The third kappa shape index (κ3) is 4.23. The minimum atomic E-state index is -5.37. The molecule has 0 spiro atoms. The molecule has 0 saturated carbocycles. The largest absolute Gasteiger partial charge is 0.501 e. The Morgan fingerprint density at radius 2 is 1.75 bits per heavy atom. The smallest absolute Gasteiger partial charge is 0.457 e. The molecule has 152 valence electrons. The van der Waals surface area contributed by atoms with E-state index in [1.54, 1.807) is 6.07 Å². The summed E-state index contributed by atoms with van der Waals surface area (Å²) in [6.07, 6.45) is 0. The maximum Gasteiger partial charge on any atom is 0.501 e. The SMILES string of the molecule is Cc1cc(N2CNCN(C)C2)ccc1Oc1ccc(S(=O)(=O)C(F)(F)F)cc1. The predicted molar refractivity (Wildman–Crippen MR) is 98.9 cm³/mol. The van der Waals surface area contributed by atoms with Crippen LogP contribution in [0.5, 0.6) is 11.5 Å². The zero-order valence-corrected chi connectivity index (χ0v) is 16.1. The molecule has 1 heterocycles. The molecule has 2 aromatic rings. The molecule has 0 amide bonds. The monoisotopic (exact) mass is 415 g/mol. The van der Waals surface area contributed by atoms with Crippen molar-refractivity contribution in [1.82, 2.24) is 10.2 Å². The number of alkyl halides is 3. The molecule has 10 heteroatoms. The van der Waals surface area contributed by atoms with Crippen LogP contribution in [0.15, 0.2) is 47.4 Å². The molecule has 0 unspecified atom stereocenters. The van der Waals surface area contributed by atoms with Crippen LogP contribution >= 0.6 is 0 Å². The molecule has 0 bridgehead atoms. The Hall–Kier alpha value is -2.30. The maximum atomic E-state index is 12.6. The van der Waals surface area contributed by atoms with Gasteiger partial charge in [0.2, 0.25) is 0 Å². The van der Waals surface area contributed by atoms with E-state index in [2.05, 4.69) is 15.1 Å². The highest BCUT2D eigenvalue weighted by Gasteiger charge is 2.46. The van der Waals surface area contributed by atoms with Crippen LogP contribution in [-0.2, 0) is 9.84 Å². The molecule has 28 heavy (non-hydrogen) atoms. The maximum absolute atomic E-state index is 12.6. The Kier molecular flexibility index (Phi) is 5.55. The minimum absolute atomic E-state index is 0.247. The van der Waals surface area contributed by atoms with Crippen LogP contribution in [0.1, 0.15) is 5.56 Å². The lowest BCUT2D eigenvalue weighted by atomic mass is 10.2. The molecule has 0 aliphatic carbocycles. The van der Waals surface area contributed by atoms with Crippen LogP contribution in [0.2, 0.25) is 0 Å². The van der Waals surface area contributed by atoms with E-state index in [-0.39, 0.29) is 5.75 Å². The first-order valence-electron chi connectivity index (χ1n) is 8.42. The van der Waals surface area contributed by atoms with Crippen molar-refractivity contribution >= 4 is 15.5 Å². The standard InChI is InChI=1S/C18H20F3N3O3S/c1-13-9-14(24-11-22-10-23(2)12-24)3-8-17(13)27-15-4-6-16(7-5-15)28(25,26)18(19,20)21/h3-9,22H,10-12H2,1-2H3. The molecule has 1 saturated heterocycles. The van der Waals surface area contributed by atoms with Crippen molar-refractivity contribution in [1.29, 1.82) is 0 Å². The lowest BCUT2D eigenvalue weighted by molar-refractivity contribution is -0.0436. The molecule has 0 aromatic heterocycles. The second kappa shape index (κ2) is 7.61. The van der Waals surface area contributed by atoms with Gasteiger partial charge in [0, 0.05) is 5.69 Å². The minimum Gasteiger partial charge on any atom is -0.457 e. The van der Waals surface area contributed by atoms with Crippen LogP contribution in [0.4, 0.5) is 18.9 Å². The van der Waals surface area contributed by atoms with Gasteiger partial charge in [0.25, 0.3) is 9.84 Å². The number of nitrogens with one attached hydrogen (secondary N) is 1. The molecule has 3 rings (SSSR count). The third-order valence-corrected chi connectivity index (χ3v) is 5.79. The van der Waals surface area contributed by atoms with E-state index in [1.807, 2.05) is 26.1 Å². The van der Waals surface area contributed by atoms with Crippen LogP contribution in [-0.4, -0.2) is 45.9 Å². The number of rotatable bonds is 4. The predicted octanol–water partition coefficient (Wildman–Crippen LogP) is 3.29. The Bertz CT molecular complexity index is 947. The summed E-state index contributed by atoms with van der Waals surface area (Å²) in [4.78, 5) is 3.46. The van der Waals surface area contributed by atoms with Gasteiger partial charge in [-0.05, 0) is 62.0 Å². The second-order valence-electron chi connectivity index (χ2n) is 6.58. The van der Waals surface area contributed by atoms with Gasteiger partial charge in [-0.1, -0.05) is 0 Å². The highest BCUT2D eigenvalue weighted by molar-refractivity contribution is 7.92.